The predicted molar refractivity (Wildman–Crippen MR) is 101 cm³/mol. The first kappa shape index (κ1) is 17.6. The summed E-state index contributed by atoms with van der Waals surface area (Å²) in [5, 5.41) is 15.9. The summed E-state index contributed by atoms with van der Waals surface area (Å²) >= 11 is 0. The van der Waals surface area contributed by atoms with Gasteiger partial charge in [-0.05, 0) is 43.0 Å². The first-order chi connectivity index (χ1) is 13.5. The number of aromatic nitrogens is 2. The third-order valence-electron chi connectivity index (χ3n) is 6.42. The Morgan fingerprint density at radius 2 is 1.93 bits per heavy atom. The smallest absolute Gasteiger partial charge is 0.272 e. The van der Waals surface area contributed by atoms with Crippen molar-refractivity contribution in [2.24, 2.45) is 7.05 Å². The summed E-state index contributed by atoms with van der Waals surface area (Å²) in [6, 6.07) is 7.60. The van der Waals surface area contributed by atoms with E-state index < -0.39 is 5.60 Å². The van der Waals surface area contributed by atoms with Crippen LogP contribution in [0.2, 0.25) is 0 Å². The number of hydrogen-bond acceptors (Lipinski definition) is 5. The van der Waals surface area contributed by atoms with Crippen LogP contribution in [0.3, 0.4) is 0 Å². The Hall–Kier alpha value is -2.54. The number of rotatable bonds is 3. The maximum absolute atomic E-state index is 13.3. The molecule has 2 atom stereocenters. The number of aryl methyl sites for hydroxylation is 2. The van der Waals surface area contributed by atoms with Gasteiger partial charge < -0.3 is 19.5 Å². The van der Waals surface area contributed by atoms with Gasteiger partial charge in [-0.3, -0.25) is 9.48 Å². The molecule has 7 heteroatoms. The van der Waals surface area contributed by atoms with Crippen LogP contribution in [0, 0.1) is 0 Å². The Bertz CT molecular complexity index is 924. The number of aliphatic hydroxyl groups is 1. The van der Waals surface area contributed by atoms with Gasteiger partial charge in [-0.15, -0.1) is 0 Å². The third kappa shape index (κ3) is 2.60. The summed E-state index contributed by atoms with van der Waals surface area (Å²) in [5.41, 5.74) is 1.44. The average Bonchev–Trinajstić information content (AvgIpc) is 3.37. The van der Waals surface area contributed by atoms with Gasteiger partial charge >= 0.3 is 0 Å². The van der Waals surface area contributed by atoms with E-state index in [0.717, 1.165) is 30.5 Å². The number of hydrogen-bond donors (Lipinski definition) is 1. The van der Waals surface area contributed by atoms with Gasteiger partial charge in [0.05, 0.1) is 11.3 Å². The van der Waals surface area contributed by atoms with Crippen LogP contribution >= 0.6 is 0 Å². The van der Waals surface area contributed by atoms with E-state index in [1.807, 2.05) is 43.1 Å². The van der Waals surface area contributed by atoms with Crippen molar-refractivity contribution in [1.29, 1.82) is 0 Å². The second-order valence-electron chi connectivity index (χ2n) is 8.10. The van der Waals surface area contributed by atoms with Crippen LogP contribution in [-0.4, -0.2) is 44.6 Å². The van der Waals surface area contributed by atoms with Gasteiger partial charge in [-0.25, -0.2) is 0 Å². The molecule has 2 fully saturated rings. The lowest BCUT2D eigenvalue weighted by Gasteiger charge is -2.44. The highest BCUT2D eigenvalue weighted by atomic mass is 16.7. The van der Waals surface area contributed by atoms with Gasteiger partial charge in [0.15, 0.2) is 11.5 Å². The summed E-state index contributed by atoms with van der Waals surface area (Å²) in [6.45, 7) is 2.25. The van der Waals surface area contributed by atoms with Crippen LogP contribution in [0.15, 0.2) is 24.3 Å². The number of nitrogens with zero attached hydrogens (tertiary/aromatic N) is 3. The number of carbonyl (C=O) groups is 1. The molecule has 0 saturated carbocycles. The second-order valence-corrected chi connectivity index (χ2v) is 8.10. The molecule has 0 radical (unpaired) electrons. The summed E-state index contributed by atoms with van der Waals surface area (Å²) in [7, 11) is 1.82. The molecule has 7 nitrogen and oxygen atoms in total. The van der Waals surface area contributed by atoms with Crippen molar-refractivity contribution in [3.8, 4) is 11.5 Å². The second kappa shape index (κ2) is 6.24. The zero-order valence-corrected chi connectivity index (χ0v) is 16.2. The first-order valence-corrected chi connectivity index (χ1v) is 9.96. The summed E-state index contributed by atoms with van der Waals surface area (Å²) in [4.78, 5) is 15.2. The molecule has 148 valence electrons. The van der Waals surface area contributed by atoms with Crippen molar-refractivity contribution < 1.29 is 19.4 Å². The van der Waals surface area contributed by atoms with Crippen molar-refractivity contribution in [3.05, 3.63) is 41.2 Å². The average molecular weight is 383 g/mol. The van der Waals surface area contributed by atoms with Gasteiger partial charge in [-0.1, -0.05) is 13.0 Å². The van der Waals surface area contributed by atoms with Crippen LogP contribution in [-0.2, 0) is 19.1 Å². The molecule has 0 unspecified atom stereocenters. The topological polar surface area (TPSA) is 76.8 Å². The normalized spacial score (nSPS) is 28.0. The van der Waals surface area contributed by atoms with E-state index in [4.69, 9.17) is 9.47 Å². The highest BCUT2D eigenvalue weighted by Crippen LogP contribution is 2.48. The lowest BCUT2D eigenvalue weighted by atomic mass is 9.80. The van der Waals surface area contributed by atoms with Crippen LogP contribution in [0.5, 0.6) is 11.5 Å². The molecule has 3 aliphatic rings. The quantitative estimate of drug-likeness (QED) is 0.881. The lowest BCUT2D eigenvalue weighted by molar-refractivity contribution is -0.0482. The molecule has 2 bridgehead atoms. The van der Waals surface area contributed by atoms with Crippen LogP contribution in [0.1, 0.15) is 54.4 Å². The van der Waals surface area contributed by atoms with Gasteiger partial charge in [0.2, 0.25) is 6.79 Å². The van der Waals surface area contributed by atoms with E-state index >= 15 is 0 Å². The molecule has 1 amide bonds. The molecule has 1 aromatic heterocycles. The summed E-state index contributed by atoms with van der Waals surface area (Å²) < 4.78 is 12.5. The summed E-state index contributed by atoms with van der Waals surface area (Å²) in [6.07, 6.45) is 3.71. The minimum Gasteiger partial charge on any atom is -0.454 e. The van der Waals surface area contributed by atoms with Crippen molar-refractivity contribution >= 4 is 5.91 Å². The minimum atomic E-state index is -0.954. The predicted octanol–water partition coefficient (Wildman–Crippen LogP) is 2.37. The molecule has 3 aliphatic heterocycles. The molecule has 0 spiro atoms. The van der Waals surface area contributed by atoms with Gasteiger partial charge in [-0.2, -0.15) is 5.10 Å². The monoisotopic (exact) mass is 383 g/mol. The van der Waals surface area contributed by atoms with Crippen LogP contribution < -0.4 is 9.47 Å². The molecule has 2 aromatic rings. The molecular weight excluding hydrogens is 358 g/mol. The largest absolute Gasteiger partial charge is 0.454 e. The Labute approximate surface area is 163 Å². The van der Waals surface area contributed by atoms with Gasteiger partial charge in [0.25, 0.3) is 5.91 Å². The Balaban J connectivity index is 1.41. The Morgan fingerprint density at radius 3 is 2.61 bits per heavy atom. The van der Waals surface area contributed by atoms with E-state index in [1.165, 1.54) is 0 Å². The van der Waals surface area contributed by atoms with Crippen molar-refractivity contribution in [2.45, 2.75) is 56.7 Å². The molecular formula is C21H25N3O4. The van der Waals surface area contributed by atoms with E-state index in [9.17, 15) is 9.90 Å². The number of ether oxygens (including phenoxy) is 2. The number of carbonyl (C=O) groups excluding carboxylic acids is 1. The Kier molecular flexibility index (Phi) is 3.91. The van der Waals surface area contributed by atoms with Crippen molar-refractivity contribution in [2.75, 3.05) is 6.79 Å². The van der Waals surface area contributed by atoms with E-state index in [1.54, 1.807) is 4.68 Å². The fourth-order valence-electron chi connectivity index (χ4n) is 5.01. The highest BCUT2D eigenvalue weighted by molar-refractivity contribution is 5.93. The van der Waals surface area contributed by atoms with Crippen LogP contribution in [0.4, 0.5) is 0 Å². The fourth-order valence-corrected chi connectivity index (χ4v) is 5.01. The molecule has 28 heavy (non-hydrogen) atoms. The molecule has 1 N–H and O–H groups in total. The molecule has 4 heterocycles. The Morgan fingerprint density at radius 1 is 1.21 bits per heavy atom. The maximum atomic E-state index is 13.3. The third-order valence-corrected chi connectivity index (χ3v) is 6.42. The minimum absolute atomic E-state index is 0.0231. The van der Waals surface area contributed by atoms with E-state index in [0.29, 0.717) is 30.0 Å². The number of amides is 1. The number of piperidine rings is 1. The zero-order valence-electron chi connectivity index (χ0n) is 16.2. The van der Waals surface area contributed by atoms with E-state index in [-0.39, 0.29) is 24.8 Å². The molecule has 2 saturated heterocycles. The number of benzene rings is 1. The van der Waals surface area contributed by atoms with Gasteiger partial charge in [0, 0.05) is 32.0 Å². The SMILES string of the molecule is CCc1cc(C(=O)N2[C@@H]3CC[C@@H]2CC(O)(c2ccc4c(c2)OCO4)C3)n(C)n1. The maximum Gasteiger partial charge on any atom is 0.272 e. The lowest BCUT2D eigenvalue weighted by Crippen LogP contribution is -2.52. The molecule has 5 rings (SSSR count). The fraction of sp³-hybridized carbons (Fsp3) is 0.524. The standard InChI is InChI=1S/C21H25N3O4/c1-3-14-9-17(23(2)22-14)20(25)24-15-5-6-16(24)11-21(26,10-15)13-4-7-18-19(8-13)28-12-27-18/h4,7-9,15-16,26H,3,5-6,10-12H2,1-2H3/t15-,16-/m1/s1. The number of fused-ring (bicyclic) bond motifs is 3. The highest BCUT2D eigenvalue weighted by Gasteiger charge is 2.50. The summed E-state index contributed by atoms with van der Waals surface area (Å²) in [5.74, 6) is 1.42. The first-order valence-electron chi connectivity index (χ1n) is 9.96. The van der Waals surface area contributed by atoms with Gasteiger partial charge in [0.1, 0.15) is 5.69 Å². The molecule has 0 aliphatic carbocycles. The van der Waals surface area contributed by atoms with Crippen LogP contribution in [0.25, 0.3) is 0 Å². The molecule has 1 aromatic carbocycles. The van der Waals surface area contributed by atoms with E-state index in [2.05, 4.69) is 5.10 Å². The van der Waals surface area contributed by atoms with Crippen molar-refractivity contribution in [1.82, 2.24) is 14.7 Å². The zero-order chi connectivity index (χ0) is 19.5. The van der Waals surface area contributed by atoms with Crippen molar-refractivity contribution in [3.63, 3.8) is 0 Å².